The number of hydrogen-bond donors (Lipinski definition) is 2. The summed E-state index contributed by atoms with van der Waals surface area (Å²) in [6.07, 6.45) is 1.60. The molecule has 0 aliphatic carbocycles. The van der Waals surface area contributed by atoms with E-state index in [0.29, 0.717) is 0 Å². The van der Waals surface area contributed by atoms with Gasteiger partial charge in [0.1, 0.15) is 12.4 Å². The predicted molar refractivity (Wildman–Crippen MR) is 108 cm³/mol. The van der Waals surface area contributed by atoms with Gasteiger partial charge < -0.3 is 9.64 Å². The molecular weight excluding hydrogens is 395 g/mol. The first-order chi connectivity index (χ1) is 13.8. The number of likely N-dealkylation sites (N-methyl/N-ethyl adjacent to an activating group) is 1. The number of para-hydroxylation sites is 1. The number of likely N-dealkylation sites (tertiary alicyclic amines) is 1. The molecule has 8 heteroatoms. The molecule has 1 fully saturated rings. The summed E-state index contributed by atoms with van der Waals surface area (Å²) < 4.78 is 47.0. The number of esters is 1. The third-order valence-corrected chi connectivity index (χ3v) is 6.69. The molecule has 1 unspecified atom stereocenters. The van der Waals surface area contributed by atoms with Crippen LogP contribution in [-0.2, 0) is 14.8 Å². The number of rotatable bonds is 6. The van der Waals surface area contributed by atoms with Gasteiger partial charge in [0.15, 0.2) is 6.10 Å². The van der Waals surface area contributed by atoms with Crippen molar-refractivity contribution in [1.29, 1.82) is 0 Å². The van der Waals surface area contributed by atoms with Gasteiger partial charge in [0.05, 0.1) is 29.2 Å². The summed E-state index contributed by atoms with van der Waals surface area (Å²) in [5.41, 5.74) is 0.568. The Bertz CT molecular complexity index is 994. The lowest BCUT2D eigenvalue weighted by Gasteiger charge is -2.28. The van der Waals surface area contributed by atoms with Crippen molar-refractivity contribution in [3.63, 3.8) is 0 Å². The first kappa shape index (κ1) is 21.3. The molecule has 0 saturated carbocycles. The molecule has 0 radical (unpaired) electrons. The van der Waals surface area contributed by atoms with Gasteiger partial charge in [-0.25, -0.2) is 17.6 Å². The number of benzene rings is 2. The molecule has 1 saturated heterocycles. The lowest BCUT2D eigenvalue weighted by molar-refractivity contribution is -0.906. The van der Waals surface area contributed by atoms with E-state index < -0.39 is 21.8 Å². The number of ether oxygens (including phenoxy) is 1. The van der Waals surface area contributed by atoms with Crippen molar-refractivity contribution >= 4 is 21.7 Å². The van der Waals surface area contributed by atoms with Crippen LogP contribution in [0.25, 0.3) is 0 Å². The van der Waals surface area contributed by atoms with Gasteiger partial charge in [0.25, 0.3) is 10.0 Å². The molecule has 2 aromatic rings. The van der Waals surface area contributed by atoms with E-state index in [-0.39, 0.29) is 27.8 Å². The Morgan fingerprint density at radius 1 is 1.28 bits per heavy atom. The second-order valence-electron chi connectivity index (χ2n) is 7.29. The van der Waals surface area contributed by atoms with E-state index in [4.69, 9.17) is 4.74 Å². The summed E-state index contributed by atoms with van der Waals surface area (Å²) in [6.45, 7) is 6.41. The van der Waals surface area contributed by atoms with Crippen LogP contribution in [0.5, 0.6) is 0 Å². The Morgan fingerprint density at radius 2 is 2.03 bits per heavy atom. The number of nitrogens with one attached hydrogen (secondary N) is 2. The number of anilines is 1. The van der Waals surface area contributed by atoms with E-state index in [1.807, 2.05) is 0 Å². The minimum atomic E-state index is -3.99. The molecule has 3 rings (SSSR count). The lowest BCUT2D eigenvalue weighted by Crippen LogP contribution is -3.13. The van der Waals surface area contributed by atoms with E-state index in [1.54, 1.807) is 12.1 Å². The number of sulfonamides is 1. The van der Waals surface area contributed by atoms with Gasteiger partial charge in [0.2, 0.25) is 0 Å². The molecule has 2 atom stereocenters. The van der Waals surface area contributed by atoms with Crippen molar-refractivity contribution in [2.45, 2.75) is 37.7 Å². The minimum Gasteiger partial charge on any atom is -0.453 e. The monoisotopic (exact) mass is 421 g/mol. The van der Waals surface area contributed by atoms with Gasteiger partial charge in [-0.3, -0.25) is 4.72 Å². The average Bonchev–Trinajstić information content (AvgIpc) is 2.67. The minimum absolute atomic E-state index is 0.0449. The summed E-state index contributed by atoms with van der Waals surface area (Å²) in [7, 11) is -3.99. The molecule has 0 amide bonds. The van der Waals surface area contributed by atoms with E-state index >= 15 is 0 Å². The van der Waals surface area contributed by atoms with E-state index in [1.165, 1.54) is 30.0 Å². The second kappa shape index (κ2) is 8.92. The largest absolute Gasteiger partial charge is 0.453 e. The zero-order chi connectivity index (χ0) is 21.0. The number of hydrogen-bond acceptors (Lipinski definition) is 4. The maximum atomic E-state index is 13.3. The fraction of sp³-hybridized carbons (Fsp3) is 0.381. The van der Waals surface area contributed by atoms with Crippen LogP contribution < -0.4 is 9.62 Å². The number of halogens is 1. The van der Waals surface area contributed by atoms with Crippen LogP contribution in [0.3, 0.4) is 0 Å². The Morgan fingerprint density at radius 3 is 2.76 bits per heavy atom. The van der Waals surface area contributed by atoms with Crippen LogP contribution in [0.15, 0.2) is 47.4 Å². The summed E-state index contributed by atoms with van der Waals surface area (Å²) in [4.78, 5) is 14.1. The number of quaternary nitrogens is 1. The maximum Gasteiger partial charge on any atom is 0.340 e. The van der Waals surface area contributed by atoms with E-state index in [2.05, 4.69) is 11.6 Å². The maximum absolute atomic E-state index is 13.3. The van der Waals surface area contributed by atoms with Gasteiger partial charge in [-0.2, -0.15) is 0 Å². The molecule has 0 bridgehead atoms. The molecule has 2 N–H and O–H groups in total. The lowest BCUT2D eigenvalue weighted by atomic mass is 10.1. The zero-order valence-corrected chi connectivity index (χ0v) is 17.4. The Balaban J connectivity index is 1.80. The van der Waals surface area contributed by atoms with Crippen molar-refractivity contribution in [2.75, 3.05) is 24.4 Å². The highest BCUT2D eigenvalue weighted by atomic mass is 32.2. The van der Waals surface area contributed by atoms with Gasteiger partial charge in [-0.15, -0.1) is 0 Å². The van der Waals surface area contributed by atoms with Gasteiger partial charge in [-0.05, 0) is 56.2 Å². The molecule has 6 nitrogen and oxygen atoms in total. The topological polar surface area (TPSA) is 76.9 Å². The van der Waals surface area contributed by atoms with Crippen LogP contribution in [0.4, 0.5) is 10.1 Å². The van der Waals surface area contributed by atoms with Crippen LogP contribution in [-0.4, -0.2) is 40.1 Å². The highest BCUT2D eigenvalue weighted by molar-refractivity contribution is 7.92. The number of aryl methyl sites for hydroxylation is 1. The summed E-state index contributed by atoms with van der Waals surface area (Å²) >= 11 is 0. The molecule has 1 heterocycles. The third-order valence-electron chi connectivity index (χ3n) is 5.16. The highest BCUT2D eigenvalue weighted by Crippen LogP contribution is 2.24. The molecule has 29 heavy (non-hydrogen) atoms. The number of carbonyl (C=O) groups is 1. The summed E-state index contributed by atoms with van der Waals surface area (Å²) in [5, 5.41) is 0. The SMILES string of the molecule is CC[NH+]1CCC[C@@H](OC(=O)c2ccccc2NS(=O)(=O)c2ccc(F)cc2C)C1. The molecular formula is C21H26FN2O4S+. The third kappa shape index (κ3) is 5.13. The van der Waals surface area contributed by atoms with E-state index in [9.17, 15) is 17.6 Å². The van der Waals surface area contributed by atoms with Gasteiger partial charge in [-0.1, -0.05) is 12.1 Å². The molecule has 156 valence electrons. The molecule has 1 aliphatic heterocycles. The summed E-state index contributed by atoms with van der Waals surface area (Å²) in [6, 6.07) is 9.78. The van der Waals surface area contributed by atoms with Crippen LogP contribution in [0.2, 0.25) is 0 Å². The van der Waals surface area contributed by atoms with Crippen LogP contribution >= 0.6 is 0 Å². The Labute approximate surface area is 170 Å². The average molecular weight is 422 g/mol. The quantitative estimate of drug-likeness (QED) is 0.701. The van der Waals surface area contributed by atoms with Gasteiger partial charge >= 0.3 is 5.97 Å². The Kier molecular flexibility index (Phi) is 6.54. The van der Waals surface area contributed by atoms with Crippen molar-refractivity contribution < 1.29 is 27.2 Å². The van der Waals surface area contributed by atoms with Crippen molar-refractivity contribution in [3.05, 3.63) is 59.4 Å². The molecule has 0 aromatic heterocycles. The van der Waals surface area contributed by atoms with Crippen molar-refractivity contribution in [2.24, 2.45) is 0 Å². The van der Waals surface area contributed by atoms with Crippen LogP contribution in [0.1, 0.15) is 35.7 Å². The van der Waals surface area contributed by atoms with E-state index in [0.717, 1.165) is 44.6 Å². The van der Waals surface area contributed by atoms with Crippen LogP contribution in [0, 0.1) is 12.7 Å². The van der Waals surface area contributed by atoms with Crippen molar-refractivity contribution in [3.8, 4) is 0 Å². The first-order valence-electron chi connectivity index (χ1n) is 9.72. The van der Waals surface area contributed by atoms with Gasteiger partial charge in [0, 0.05) is 6.42 Å². The predicted octanol–water partition coefficient (Wildman–Crippen LogP) is 2.16. The second-order valence-corrected chi connectivity index (χ2v) is 8.94. The molecule has 1 aliphatic rings. The summed E-state index contributed by atoms with van der Waals surface area (Å²) in [5.74, 6) is -1.07. The fourth-order valence-corrected chi connectivity index (χ4v) is 4.91. The molecule has 2 aromatic carbocycles. The Hall–Kier alpha value is -2.45. The zero-order valence-electron chi connectivity index (χ0n) is 16.6. The standard InChI is InChI=1S/C21H25FN2O4S/c1-3-24-12-6-7-17(14-24)28-21(25)18-8-4-5-9-19(18)23-29(26,27)20-11-10-16(22)13-15(20)2/h4-5,8-11,13,17,23H,3,6-7,12,14H2,1-2H3/p+1/t17-/m1/s1. The smallest absolute Gasteiger partial charge is 0.340 e. The number of carbonyl (C=O) groups excluding carboxylic acids is 1. The highest BCUT2D eigenvalue weighted by Gasteiger charge is 2.27. The normalized spacial score (nSPS) is 19.6. The fourth-order valence-electron chi connectivity index (χ4n) is 3.61. The molecule has 0 spiro atoms. The van der Waals surface area contributed by atoms with Crippen molar-refractivity contribution in [1.82, 2.24) is 0 Å². The first-order valence-corrected chi connectivity index (χ1v) is 11.2. The number of piperidine rings is 1.